The zero-order valence-corrected chi connectivity index (χ0v) is 17.3. The number of rotatable bonds is 3. The summed E-state index contributed by atoms with van der Waals surface area (Å²) in [5.74, 6) is 1.25. The third-order valence-electron chi connectivity index (χ3n) is 4.89. The molecular weight excluding hydrogens is 388 g/mol. The van der Waals surface area contributed by atoms with Gasteiger partial charge in [-0.3, -0.25) is 0 Å². The average molecular weight is 407 g/mol. The zero-order valence-electron chi connectivity index (χ0n) is 14.9. The minimum atomic E-state index is 0.236. The third kappa shape index (κ3) is 2.19. The molecule has 10 heteroatoms. The maximum Gasteiger partial charge on any atom is 0.245 e. The number of ether oxygens (including phenoxy) is 1. The number of nitrogens with zero attached hydrogens (tertiary/aromatic N) is 6. The molecule has 7 nitrogen and oxygen atoms in total. The van der Waals surface area contributed by atoms with Gasteiger partial charge in [0, 0.05) is 11.3 Å². The van der Waals surface area contributed by atoms with E-state index < -0.39 is 0 Å². The average Bonchev–Trinajstić information content (AvgIpc) is 3.33. The third-order valence-corrected chi connectivity index (χ3v) is 7.34. The van der Waals surface area contributed by atoms with Gasteiger partial charge in [-0.2, -0.15) is 0 Å². The van der Waals surface area contributed by atoms with E-state index in [0.29, 0.717) is 12.5 Å². The molecule has 0 amide bonds. The Balaban J connectivity index is 1.94. The number of aromatic nitrogens is 6. The van der Waals surface area contributed by atoms with Crippen LogP contribution in [0.4, 0.5) is 0 Å². The van der Waals surface area contributed by atoms with E-state index in [1.807, 2.05) is 16.9 Å². The fraction of sp³-hybridized carbons (Fsp3) is 0.500. The standard InChI is InChI=1S/C16H18N6OS3/c1-7(2)9-5-8-10(6-23-9)26-13-11(8)12-17-19-15(24-3)21(12)14-18-20-16(25-4)22(13)14/h7,9H,5-6H2,1-4H3/t9-/m0/s1. The van der Waals surface area contributed by atoms with Crippen molar-refractivity contribution in [3.8, 4) is 0 Å². The van der Waals surface area contributed by atoms with Crippen LogP contribution < -0.4 is 0 Å². The summed E-state index contributed by atoms with van der Waals surface area (Å²) in [5.41, 5.74) is 2.22. The van der Waals surface area contributed by atoms with E-state index in [4.69, 9.17) is 4.74 Å². The van der Waals surface area contributed by atoms with Crippen LogP contribution in [0.15, 0.2) is 10.3 Å². The molecule has 0 saturated carbocycles. The Morgan fingerprint density at radius 2 is 1.81 bits per heavy atom. The Hall–Kier alpha value is -1.36. The van der Waals surface area contributed by atoms with E-state index in [9.17, 15) is 0 Å². The monoisotopic (exact) mass is 406 g/mol. The van der Waals surface area contributed by atoms with Gasteiger partial charge in [0.25, 0.3) is 0 Å². The van der Waals surface area contributed by atoms with Crippen LogP contribution >= 0.6 is 34.9 Å². The number of thioether (sulfide) groups is 2. The van der Waals surface area contributed by atoms with Gasteiger partial charge in [0.2, 0.25) is 5.78 Å². The molecule has 1 aliphatic heterocycles. The SMILES string of the molecule is CSc1nnc2c3c4c(sc3n3c(SC)nnc3n12)CO[C@H](C(C)C)C4. The van der Waals surface area contributed by atoms with Crippen molar-refractivity contribution in [2.75, 3.05) is 12.5 Å². The molecule has 1 aliphatic rings. The highest BCUT2D eigenvalue weighted by Gasteiger charge is 2.30. The summed E-state index contributed by atoms with van der Waals surface area (Å²) in [5, 5.41) is 20.6. The van der Waals surface area contributed by atoms with Crippen molar-refractivity contribution in [3.05, 3.63) is 10.4 Å². The van der Waals surface area contributed by atoms with Gasteiger partial charge in [0.05, 0.1) is 18.1 Å². The topological polar surface area (TPSA) is 69.6 Å². The molecule has 0 spiro atoms. The van der Waals surface area contributed by atoms with Crippen LogP contribution in [0.2, 0.25) is 0 Å². The van der Waals surface area contributed by atoms with Crippen molar-refractivity contribution in [1.82, 2.24) is 29.2 Å². The lowest BCUT2D eigenvalue weighted by Crippen LogP contribution is -2.26. The predicted molar refractivity (Wildman–Crippen MR) is 106 cm³/mol. The van der Waals surface area contributed by atoms with E-state index in [0.717, 1.165) is 33.0 Å². The van der Waals surface area contributed by atoms with Crippen molar-refractivity contribution >= 4 is 56.5 Å². The fourth-order valence-corrected chi connectivity index (χ4v) is 5.80. The molecule has 26 heavy (non-hydrogen) atoms. The number of hydrogen-bond donors (Lipinski definition) is 0. The van der Waals surface area contributed by atoms with Gasteiger partial charge in [-0.15, -0.1) is 31.7 Å². The smallest absolute Gasteiger partial charge is 0.245 e. The molecule has 0 aromatic carbocycles. The summed E-state index contributed by atoms with van der Waals surface area (Å²) in [6, 6.07) is 0. The maximum atomic E-state index is 6.10. The van der Waals surface area contributed by atoms with Gasteiger partial charge < -0.3 is 4.74 Å². The second-order valence-electron chi connectivity index (χ2n) is 6.65. The van der Waals surface area contributed by atoms with Crippen molar-refractivity contribution in [3.63, 3.8) is 0 Å². The highest BCUT2D eigenvalue weighted by molar-refractivity contribution is 7.98. The summed E-state index contributed by atoms with van der Waals surface area (Å²) in [7, 11) is 0. The Labute approximate surface area is 162 Å². The van der Waals surface area contributed by atoms with Crippen LogP contribution in [-0.2, 0) is 17.8 Å². The molecule has 0 radical (unpaired) electrons. The number of fused-ring (bicyclic) bond motifs is 8. The molecule has 5 heterocycles. The van der Waals surface area contributed by atoms with Gasteiger partial charge in [-0.05, 0) is 24.0 Å². The van der Waals surface area contributed by atoms with Crippen molar-refractivity contribution in [2.24, 2.45) is 5.92 Å². The van der Waals surface area contributed by atoms with Crippen molar-refractivity contribution < 1.29 is 4.74 Å². The van der Waals surface area contributed by atoms with E-state index in [1.54, 1.807) is 34.9 Å². The molecule has 4 aromatic rings. The Kier molecular flexibility index (Phi) is 3.93. The van der Waals surface area contributed by atoms with Gasteiger partial charge in [-0.25, -0.2) is 8.80 Å². The molecule has 4 aromatic heterocycles. The molecular formula is C16H18N6OS3. The summed E-state index contributed by atoms with van der Waals surface area (Å²) >= 11 is 4.94. The first-order chi connectivity index (χ1) is 12.6. The second-order valence-corrected chi connectivity index (χ2v) is 9.28. The summed E-state index contributed by atoms with van der Waals surface area (Å²) in [6.45, 7) is 5.09. The number of hydrogen-bond acceptors (Lipinski definition) is 8. The second kappa shape index (κ2) is 6.08. The summed E-state index contributed by atoms with van der Waals surface area (Å²) in [4.78, 5) is 2.42. The van der Waals surface area contributed by atoms with Gasteiger partial charge >= 0.3 is 0 Å². The molecule has 5 rings (SSSR count). The lowest BCUT2D eigenvalue weighted by Gasteiger charge is -2.26. The van der Waals surface area contributed by atoms with Crippen molar-refractivity contribution in [1.29, 1.82) is 0 Å². The van der Waals surface area contributed by atoms with Crippen LogP contribution in [0.5, 0.6) is 0 Å². The van der Waals surface area contributed by atoms with Gasteiger partial charge in [-0.1, -0.05) is 37.4 Å². The van der Waals surface area contributed by atoms with Crippen LogP contribution in [0, 0.1) is 5.92 Å². The Morgan fingerprint density at radius 1 is 1.08 bits per heavy atom. The summed E-state index contributed by atoms with van der Waals surface area (Å²) < 4.78 is 10.3. The molecule has 1 atom stereocenters. The highest BCUT2D eigenvalue weighted by atomic mass is 32.2. The van der Waals surface area contributed by atoms with E-state index in [-0.39, 0.29) is 6.10 Å². The molecule has 0 fully saturated rings. The molecule has 0 bridgehead atoms. The lowest BCUT2D eigenvalue weighted by atomic mass is 9.96. The highest BCUT2D eigenvalue weighted by Crippen LogP contribution is 2.40. The van der Waals surface area contributed by atoms with Gasteiger partial charge in [0.15, 0.2) is 16.0 Å². The van der Waals surface area contributed by atoms with Gasteiger partial charge in [0.1, 0.15) is 4.83 Å². The lowest BCUT2D eigenvalue weighted by molar-refractivity contribution is 0.00203. The van der Waals surface area contributed by atoms with E-state index >= 15 is 0 Å². The van der Waals surface area contributed by atoms with Crippen LogP contribution in [-0.4, -0.2) is 47.8 Å². The first kappa shape index (κ1) is 16.8. The maximum absolute atomic E-state index is 6.10. The Bertz CT molecular complexity index is 1140. The van der Waals surface area contributed by atoms with Crippen LogP contribution in [0.3, 0.4) is 0 Å². The van der Waals surface area contributed by atoms with Crippen LogP contribution in [0.25, 0.3) is 21.6 Å². The predicted octanol–water partition coefficient (Wildman–Crippen LogP) is 3.53. The van der Waals surface area contributed by atoms with E-state index in [1.165, 1.54) is 15.8 Å². The van der Waals surface area contributed by atoms with Crippen molar-refractivity contribution in [2.45, 2.75) is 43.3 Å². The molecule has 0 aliphatic carbocycles. The largest absolute Gasteiger partial charge is 0.372 e. The summed E-state index contributed by atoms with van der Waals surface area (Å²) in [6.07, 6.45) is 5.18. The minimum absolute atomic E-state index is 0.236. The molecule has 0 saturated heterocycles. The Morgan fingerprint density at radius 3 is 2.54 bits per heavy atom. The zero-order chi connectivity index (χ0) is 18.0. The first-order valence-corrected chi connectivity index (χ1v) is 11.7. The molecule has 0 N–H and O–H groups in total. The number of thiophene rings is 1. The quantitative estimate of drug-likeness (QED) is 0.482. The molecule has 136 valence electrons. The van der Waals surface area contributed by atoms with E-state index in [2.05, 4.69) is 38.6 Å². The van der Waals surface area contributed by atoms with Crippen LogP contribution in [0.1, 0.15) is 24.3 Å². The normalized spacial score (nSPS) is 17.8. The first-order valence-electron chi connectivity index (χ1n) is 8.40. The minimum Gasteiger partial charge on any atom is -0.372 e. The fourth-order valence-electron chi connectivity index (χ4n) is 3.55. The molecule has 0 unspecified atom stereocenters.